The van der Waals surface area contributed by atoms with Crippen LogP contribution in [0.15, 0.2) is 72.8 Å². The van der Waals surface area contributed by atoms with Crippen LogP contribution in [0.4, 0.5) is 13.2 Å². The van der Waals surface area contributed by atoms with Crippen molar-refractivity contribution in [1.82, 2.24) is 5.32 Å². The lowest BCUT2D eigenvalue weighted by atomic mass is 10.1. The number of hydrogen-bond acceptors (Lipinski definition) is 4. The van der Waals surface area contributed by atoms with Gasteiger partial charge in [0.1, 0.15) is 12.4 Å². The first-order valence-corrected chi connectivity index (χ1v) is 9.62. The van der Waals surface area contributed by atoms with Gasteiger partial charge in [-0.1, -0.05) is 36.4 Å². The molecule has 164 valence electrons. The Labute approximate surface area is 182 Å². The number of aliphatic hydroxyl groups excluding tert-OH is 1. The summed E-state index contributed by atoms with van der Waals surface area (Å²) in [5.41, 5.74) is 0.628. The summed E-state index contributed by atoms with van der Waals surface area (Å²) in [7, 11) is 0. The molecule has 3 aromatic carbocycles. The van der Waals surface area contributed by atoms with Crippen LogP contribution in [-0.2, 0) is 12.8 Å². The van der Waals surface area contributed by atoms with Gasteiger partial charge in [-0.05, 0) is 42.0 Å². The summed E-state index contributed by atoms with van der Waals surface area (Å²) < 4.78 is 44.2. The van der Waals surface area contributed by atoms with E-state index in [0.29, 0.717) is 16.9 Å². The maximum Gasteiger partial charge on any atom is 0.416 e. The summed E-state index contributed by atoms with van der Waals surface area (Å²) in [5.74, 6) is -0.109. The minimum absolute atomic E-state index is 0.0494. The van der Waals surface area contributed by atoms with E-state index in [0.717, 1.165) is 12.1 Å². The molecule has 3 rings (SSSR count). The number of nitrogens with one attached hydrogen (secondary N) is 1. The Kier molecular flexibility index (Phi) is 7.13. The van der Waals surface area contributed by atoms with Crippen molar-refractivity contribution >= 4 is 5.91 Å². The summed E-state index contributed by atoms with van der Waals surface area (Å²) in [6, 6.07) is 19.7. The van der Waals surface area contributed by atoms with Crippen LogP contribution < -0.4 is 10.1 Å². The molecule has 1 unspecified atom stereocenters. The number of nitrogens with zero attached hydrogens (tertiary/aromatic N) is 1. The molecule has 8 heteroatoms. The van der Waals surface area contributed by atoms with Crippen molar-refractivity contribution in [2.75, 3.05) is 6.54 Å². The van der Waals surface area contributed by atoms with E-state index in [1.807, 2.05) is 0 Å². The molecular weight excluding hydrogens is 421 g/mol. The first-order valence-electron chi connectivity index (χ1n) is 9.62. The van der Waals surface area contributed by atoms with Gasteiger partial charge in [0.2, 0.25) is 0 Å². The molecule has 0 saturated carbocycles. The van der Waals surface area contributed by atoms with E-state index in [-0.39, 0.29) is 24.3 Å². The Balaban J connectivity index is 1.61. The molecule has 0 heterocycles. The second-order valence-electron chi connectivity index (χ2n) is 6.93. The van der Waals surface area contributed by atoms with Crippen LogP contribution in [0.5, 0.6) is 5.75 Å². The van der Waals surface area contributed by atoms with Gasteiger partial charge >= 0.3 is 6.18 Å². The Hall–Kier alpha value is -3.83. The van der Waals surface area contributed by atoms with E-state index in [4.69, 9.17) is 10.00 Å². The monoisotopic (exact) mass is 440 g/mol. The van der Waals surface area contributed by atoms with Crippen molar-refractivity contribution in [3.8, 4) is 11.8 Å². The van der Waals surface area contributed by atoms with Crippen LogP contribution in [0.1, 0.15) is 38.7 Å². The zero-order chi connectivity index (χ0) is 23.1. The fourth-order valence-electron chi connectivity index (χ4n) is 2.97. The first-order chi connectivity index (χ1) is 15.3. The highest BCUT2D eigenvalue weighted by molar-refractivity contribution is 5.94. The summed E-state index contributed by atoms with van der Waals surface area (Å²) >= 11 is 0. The lowest BCUT2D eigenvalue weighted by Gasteiger charge is -2.15. The highest BCUT2D eigenvalue weighted by Gasteiger charge is 2.30. The molecule has 32 heavy (non-hydrogen) atoms. The highest BCUT2D eigenvalue weighted by Crippen LogP contribution is 2.30. The summed E-state index contributed by atoms with van der Waals surface area (Å²) in [6.45, 7) is -0.121. The van der Waals surface area contributed by atoms with Crippen molar-refractivity contribution in [3.05, 3.63) is 101 Å². The molecule has 1 atom stereocenters. The molecule has 0 aromatic heterocycles. The molecule has 0 spiro atoms. The van der Waals surface area contributed by atoms with Crippen LogP contribution in [0, 0.1) is 11.3 Å². The quantitative estimate of drug-likeness (QED) is 0.562. The first kappa shape index (κ1) is 22.8. The second-order valence-corrected chi connectivity index (χ2v) is 6.93. The number of benzene rings is 3. The van der Waals surface area contributed by atoms with E-state index in [2.05, 4.69) is 11.4 Å². The van der Waals surface area contributed by atoms with Crippen molar-refractivity contribution in [2.45, 2.75) is 18.9 Å². The number of halogens is 3. The van der Waals surface area contributed by atoms with Gasteiger partial charge in [-0.2, -0.15) is 18.4 Å². The molecule has 0 saturated heterocycles. The summed E-state index contributed by atoms with van der Waals surface area (Å²) in [6.07, 6.45) is -5.82. The maximum atomic E-state index is 12.8. The Morgan fingerprint density at radius 3 is 2.56 bits per heavy atom. The van der Waals surface area contributed by atoms with Crippen LogP contribution >= 0.6 is 0 Å². The van der Waals surface area contributed by atoms with Gasteiger partial charge in [-0.15, -0.1) is 0 Å². The van der Waals surface area contributed by atoms with Gasteiger partial charge < -0.3 is 15.2 Å². The van der Waals surface area contributed by atoms with Crippen molar-refractivity contribution in [3.63, 3.8) is 0 Å². The zero-order valence-corrected chi connectivity index (χ0v) is 16.8. The zero-order valence-electron chi connectivity index (χ0n) is 16.8. The van der Waals surface area contributed by atoms with E-state index in [1.165, 1.54) is 18.2 Å². The molecule has 0 bridgehead atoms. The van der Waals surface area contributed by atoms with Crippen LogP contribution in [0.2, 0.25) is 0 Å². The van der Waals surface area contributed by atoms with Crippen molar-refractivity contribution in [2.24, 2.45) is 0 Å². The predicted octanol–water partition coefficient (Wildman–Crippen LogP) is 4.62. The van der Waals surface area contributed by atoms with Crippen molar-refractivity contribution < 1.29 is 27.8 Å². The molecular formula is C24H19F3N2O3. The van der Waals surface area contributed by atoms with Gasteiger partial charge in [0.05, 0.1) is 23.3 Å². The minimum Gasteiger partial charge on any atom is -0.489 e. The SMILES string of the molecule is N#Cc1ccccc1COc1cccc(C(=O)NCC(O)c2cccc(C(F)(F)F)c2)c1. The number of aliphatic hydroxyl groups is 1. The standard InChI is InChI=1S/C24H19F3N2O3/c25-24(26,27)20-9-3-7-16(11-20)22(30)14-29-23(31)17-8-4-10-21(12-17)32-15-19-6-2-1-5-18(19)13-28/h1-12,22,30H,14-15H2,(H,29,31). The second kappa shape index (κ2) is 9.98. The maximum absolute atomic E-state index is 12.8. The van der Waals surface area contributed by atoms with Gasteiger partial charge in [-0.3, -0.25) is 4.79 Å². The number of alkyl halides is 3. The van der Waals surface area contributed by atoms with Crippen LogP contribution in [0.3, 0.4) is 0 Å². The van der Waals surface area contributed by atoms with E-state index in [1.54, 1.807) is 42.5 Å². The average molecular weight is 440 g/mol. The highest BCUT2D eigenvalue weighted by atomic mass is 19.4. The largest absolute Gasteiger partial charge is 0.489 e. The molecule has 1 amide bonds. The average Bonchev–Trinajstić information content (AvgIpc) is 2.80. The molecule has 2 N–H and O–H groups in total. The molecule has 0 aliphatic heterocycles. The van der Waals surface area contributed by atoms with Gasteiger partial charge in [-0.25, -0.2) is 0 Å². The number of ether oxygens (including phenoxy) is 1. The number of carbonyl (C=O) groups is 1. The van der Waals surface area contributed by atoms with Gasteiger partial charge in [0, 0.05) is 17.7 Å². The number of rotatable bonds is 7. The lowest BCUT2D eigenvalue weighted by Crippen LogP contribution is -2.28. The molecule has 0 aliphatic rings. The third-order valence-corrected chi connectivity index (χ3v) is 4.68. The fourth-order valence-corrected chi connectivity index (χ4v) is 2.97. The van der Waals surface area contributed by atoms with Crippen LogP contribution in [0.25, 0.3) is 0 Å². The predicted molar refractivity (Wildman–Crippen MR) is 111 cm³/mol. The number of carbonyl (C=O) groups excluding carboxylic acids is 1. The van der Waals surface area contributed by atoms with Crippen molar-refractivity contribution in [1.29, 1.82) is 5.26 Å². The lowest BCUT2D eigenvalue weighted by molar-refractivity contribution is -0.137. The Bertz CT molecular complexity index is 1140. The van der Waals surface area contributed by atoms with Gasteiger partial charge in [0.25, 0.3) is 5.91 Å². The van der Waals surface area contributed by atoms with Gasteiger partial charge in [0.15, 0.2) is 0 Å². The van der Waals surface area contributed by atoms with E-state index >= 15 is 0 Å². The minimum atomic E-state index is -4.52. The molecule has 0 fully saturated rings. The van der Waals surface area contributed by atoms with Crippen LogP contribution in [-0.4, -0.2) is 17.6 Å². The third kappa shape index (κ3) is 5.86. The topological polar surface area (TPSA) is 82.3 Å². The molecule has 5 nitrogen and oxygen atoms in total. The Morgan fingerprint density at radius 2 is 1.81 bits per heavy atom. The van der Waals surface area contributed by atoms with E-state index < -0.39 is 23.8 Å². The van der Waals surface area contributed by atoms with E-state index in [9.17, 15) is 23.1 Å². The molecule has 0 aliphatic carbocycles. The third-order valence-electron chi connectivity index (χ3n) is 4.68. The number of amides is 1. The fraction of sp³-hybridized carbons (Fsp3) is 0.167. The number of nitriles is 1. The summed E-state index contributed by atoms with van der Waals surface area (Å²) in [4.78, 5) is 12.4. The molecule has 3 aromatic rings. The normalized spacial score (nSPS) is 12.0. The smallest absolute Gasteiger partial charge is 0.416 e. The summed E-state index contributed by atoms with van der Waals surface area (Å²) in [5, 5.41) is 21.8. The molecule has 0 radical (unpaired) electrons. The Morgan fingerprint density at radius 1 is 1.06 bits per heavy atom. The number of hydrogen-bond donors (Lipinski definition) is 2.